The summed E-state index contributed by atoms with van der Waals surface area (Å²) in [6.45, 7) is 0. The number of anilines is 1. The highest BCUT2D eigenvalue weighted by Crippen LogP contribution is 2.33. The van der Waals surface area contributed by atoms with Gasteiger partial charge in [0.25, 0.3) is 15.7 Å². The summed E-state index contributed by atoms with van der Waals surface area (Å²) in [7, 11) is -3.94. The average Bonchev–Trinajstić information content (AvgIpc) is 3.12. The number of halogens is 1. The summed E-state index contributed by atoms with van der Waals surface area (Å²) in [4.78, 5) is 14.6. The molecule has 3 aromatic rings. The first-order valence-corrected chi connectivity index (χ1v) is 9.52. The van der Waals surface area contributed by atoms with Crippen molar-refractivity contribution >= 4 is 44.0 Å². The molecular formula is C15H10ClN3O4S2. The molecule has 10 heteroatoms. The predicted molar refractivity (Wildman–Crippen MR) is 96.2 cm³/mol. The number of thiazole rings is 1. The van der Waals surface area contributed by atoms with Gasteiger partial charge in [0.15, 0.2) is 0 Å². The lowest BCUT2D eigenvalue weighted by Crippen LogP contribution is -2.21. The number of hydrogen-bond donors (Lipinski definition) is 0. The molecule has 0 aliphatic rings. The highest BCUT2D eigenvalue weighted by Gasteiger charge is 2.26. The normalized spacial score (nSPS) is 11.2. The lowest BCUT2D eigenvalue weighted by Gasteiger charge is -2.12. The number of non-ortho nitro benzene ring substituents is 1. The van der Waals surface area contributed by atoms with Crippen molar-refractivity contribution in [3.63, 3.8) is 0 Å². The minimum Gasteiger partial charge on any atom is -0.258 e. The van der Waals surface area contributed by atoms with Crippen molar-refractivity contribution in [3.05, 3.63) is 70.1 Å². The van der Waals surface area contributed by atoms with E-state index in [0.717, 1.165) is 11.3 Å². The van der Waals surface area contributed by atoms with E-state index in [1.54, 1.807) is 29.6 Å². The van der Waals surface area contributed by atoms with Crippen molar-refractivity contribution in [1.29, 1.82) is 0 Å². The fourth-order valence-corrected chi connectivity index (χ4v) is 4.44. The Morgan fingerprint density at radius 3 is 2.52 bits per heavy atom. The number of hydrogen-bond acceptors (Lipinski definition) is 6. The van der Waals surface area contributed by atoms with Gasteiger partial charge in [-0.25, -0.2) is 4.98 Å². The smallest absolute Gasteiger partial charge is 0.258 e. The molecule has 0 atom stereocenters. The Bertz CT molecular complexity index is 1020. The van der Waals surface area contributed by atoms with Crippen LogP contribution in [0.3, 0.4) is 0 Å². The van der Waals surface area contributed by atoms with Gasteiger partial charge in [0.2, 0.25) is 5.13 Å². The Morgan fingerprint density at radius 2 is 1.84 bits per heavy atom. The molecule has 1 heterocycles. The molecular weight excluding hydrogens is 386 g/mol. The van der Waals surface area contributed by atoms with Gasteiger partial charge in [0, 0.05) is 34.9 Å². The van der Waals surface area contributed by atoms with E-state index < -0.39 is 14.9 Å². The van der Waals surface area contributed by atoms with Crippen LogP contribution in [-0.2, 0) is 10.0 Å². The zero-order valence-electron chi connectivity index (χ0n) is 12.4. The molecule has 2 aromatic carbocycles. The molecule has 1 aromatic heterocycles. The van der Waals surface area contributed by atoms with Gasteiger partial charge < -0.3 is 0 Å². The summed E-state index contributed by atoms with van der Waals surface area (Å²) in [5.41, 5.74) is 0.822. The van der Waals surface area contributed by atoms with Crippen molar-refractivity contribution in [3.8, 4) is 11.3 Å². The minimum absolute atomic E-state index is 0.0390. The van der Waals surface area contributed by atoms with Gasteiger partial charge in [0.1, 0.15) is 0 Å². The summed E-state index contributed by atoms with van der Waals surface area (Å²) >= 11 is 7.02. The van der Waals surface area contributed by atoms with Crippen LogP contribution >= 0.6 is 23.1 Å². The Balaban J connectivity index is 1.94. The fourth-order valence-electron chi connectivity index (χ4n) is 2.04. The van der Waals surface area contributed by atoms with Crippen molar-refractivity contribution in [1.82, 2.24) is 4.98 Å². The zero-order chi connectivity index (χ0) is 18.0. The summed E-state index contributed by atoms with van der Waals surface area (Å²) in [6.07, 6.45) is 0. The highest BCUT2D eigenvalue weighted by molar-refractivity contribution is 7.94. The van der Waals surface area contributed by atoms with Crippen LogP contribution in [0.15, 0.2) is 64.9 Å². The monoisotopic (exact) mass is 395 g/mol. The Morgan fingerprint density at radius 1 is 1.12 bits per heavy atom. The van der Waals surface area contributed by atoms with Gasteiger partial charge in [-0.1, -0.05) is 30.3 Å². The number of benzene rings is 2. The molecule has 0 aliphatic heterocycles. The molecule has 0 unspecified atom stereocenters. The van der Waals surface area contributed by atoms with Crippen molar-refractivity contribution in [2.75, 3.05) is 3.82 Å². The van der Waals surface area contributed by atoms with Crippen LogP contribution in [-0.4, -0.2) is 18.3 Å². The Labute approximate surface area is 152 Å². The van der Waals surface area contributed by atoms with E-state index in [0.29, 0.717) is 15.1 Å². The second-order valence-corrected chi connectivity index (χ2v) is 8.02. The fraction of sp³-hybridized carbons (Fsp3) is 0. The minimum atomic E-state index is -3.94. The van der Waals surface area contributed by atoms with Crippen LogP contribution < -0.4 is 3.82 Å². The first kappa shape index (κ1) is 17.3. The molecule has 0 saturated heterocycles. The van der Waals surface area contributed by atoms with Gasteiger partial charge in [0.05, 0.1) is 15.5 Å². The highest BCUT2D eigenvalue weighted by atomic mass is 35.5. The standard InChI is InChI=1S/C15H10ClN3O4S2/c16-18(25(22,23)13-7-2-1-3-8-13)15-17-14(10-24-15)11-5-4-6-12(9-11)19(20)21/h1-10H. The quantitative estimate of drug-likeness (QED) is 0.369. The summed E-state index contributed by atoms with van der Waals surface area (Å²) in [5.74, 6) is 0. The first-order valence-electron chi connectivity index (χ1n) is 6.86. The van der Waals surface area contributed by atoms with Crippen LogP contribution in [0.4, 0.5) is 10.8 Å². The lowest BCUT2D eigenvalue weighted by molar-refractivity contribution is -0.384. The van der Waals surface area contributed by atoms with Crippen molar-refractivity contribution < 1.29 is 13.3 Å². The molecule has 0 radical (unpaired) electrons. The third-order valence-corrected chi connectivity index (χ3v) is 6.46. The van der Waals surface area contributed by atoms with Crippen LogP contribution in [0.2, 0.25) is 0 Å². The predicted octanol–water partition coefficient (Wildman–Crippen LogP) is 4.07. The topological polar surface area (TPSA) is 93.4 Å². The van der Waals surface area contributed by atoms with E-state index in [-0.39, 0.29) is 15.7 Å². The molecule has 0 saturated carbocycles. The molecule has 0 fully saturated rings. The number of nitro groups is 1. The number of sulfonamides is 1. The van der Waals surface area contributed by atoms with Gasteiger partial charge >= 0.3 is 0 Å². The summed E-state index contributed by atoms with van der Waals surface area (Å²) < 4.78 is 25.6. The lowest BCUT2D eigenvalue weighted by atomic mass is 10.1. The third-order valence-electron chi connectivity index (χ3n) is 3.25. The van der Waals surface area contributed by atoms with Gasteiger partial charge in [-0.3, -0.25) is 10.1 Å². The third kappa shape index (κ3) is 3.48. The largest absolute Gasteiger partial charge is 0.280 e. The zero-order valence-corrected chi connectivity index (χ0v) is 14.8. The Hall–Kier alpha value is -2.49. The van der Waals surface area contributed by atoms with Gasteiger partial charge in [-0.2, -0.15) is 8.42 Å². The van der Waals surface area contributed by atoms with E-state index in [9.17, 15) is 18.5 Å². The number of nitrogens with zero attached hydrogens (tertiary/aromatic N) is 3. The molecule has 128 valence electrons. The summed E-state index contributed by atoms with van der Waals surface area (Å²) in [6, 6.07) is 13.7. The second-order valence-electron chi connectivity index (χ2n) is 4.86. The number of aromatic nitrogens is 1. The van der Waals surface area contributed by atoms with Crippen molar-refractivity contribution in [2.45, 2.75) is 4.90 Å². The molecule has 0 spiro atoms. The maximum Gasteiger partial charge on any atom is 0.280 e. The van der Waals surface area contributed by atoms with Gasteiger partial charge in [-0.15, -0.1) is 15.2 Å². The van der Waals surface area contributed by atoms with Crippen molar-refractivity contribution in [2.24, 2.45) is 0 Å². The molecule has 0 N–H and O–H groups in total. The summed E-state index contributed by atoms with van der Waals surface area (Å²) in [5, 5.41) is 12.5. The van der Waals surface area contributed by atoms with E-state index in [1.807, 2.05) is 0 Å². The maximum absolute atomic E-state index is 12.5. The molecule has 0 amide bonds. The number of rotatable bonds is 5. The van der Waals surface area contributed by atoms with Gasteiger partial charge in [-0.05, 0) is 12.1 Å². The molecule has 25 heavy (non-hydrogen) atoms. The van der Waals surface area contributed by atoms with Crippen LogP contribution in [0.25, 0.3) is 11.3 Å². The van der Waals surface area contributed by atoms with Crippen LogP contribution in [0.5, 0.6) is 0 Å². The van der Waals surface area contributed by atoms with E-state index >= 15 is 0 Å². The SMILES string of the molecule is O=[N+]([O-])c1cccc(-c2csc(N(Cl)S(=O)(=O)c3ccccc3)n2)c1. The Kier molecular flexibility index (Phi) is 4.71. The average molecular weight is 396 g/mol. The molecule has 0 bridgehead atoms. The maximum atomic E-state index is 12.5. The first-order chi connectivity index (χ1) is 11.9. The van der Waals surface area contributed by atoms with E-state index in [1.165, 1.54) is 30.3 Å². The van der Waals surface area contributed by atoms with E-state index in [2.05, 4.69) is 4.98 Å². The number of nitro benzene ring substituents is 1. The van der Waals surface area contributed by atoms with E-state index in [4.69, 9.17) is 11.8 Å². The van der Waals surface area contributed by atoms with Crippen LogP contribution in [0.1, 0.15) is 0 Å². The van der Waals surface area contributed by atoms with Crippen LogP contribution in [0, 0.1) is 10.1 Å². The molecule has 3 rings (SSSR count). The molecule has 0 aliphatic carbocycles. The second kappa shape index (κ2) is 6.79. The molecule has 7 nitrogen and oxygen atoms in total.